The lowest BCUT2D eigenvalue weighted by Crippen LogP contribution is -2.54. The van der Waals surface area contributed by atoms with Crippen LogP contribution in [0.3, 0.4) is 0 Å². The summed E-state index contributed by atoms with van der Waals surface area (Å²) in [6.07, 6.45) is 1.44. The van der Waals surface area contributed by atoms with Gasteiger partial charge in [0, 0.05) is 0 Å². The summed E-state index contributed by atoms with van der Waals surface area (Å²) < 4.78 is 5.07. The Balaban J connectivity index is 2.06. The van der Waals surface area contributed by atoms with Crippen LogP contribution in [0.25, 0.3) is 6.08 Å². The van der Waals surface area contributed by atoms with Crippen LogP contribution < -0.4 is 15.0 Å². The van der Waals surface area contributed by atoms with E-state index < -0.39 is 11.8 Å². The third kappa shape index (κ3) is 3.54. The number of aryl methyl sites for hydroxylation is 2. The van der Waals surface area contributed by atoms with Crippen LogP contribution in [0.4, 0.5) is 5.69 Å². The monoisotopic (exact) mass is 382 g/mol. The molecule has 27 heavy (non-hydrogen) atoms. The molecule has 0 aliphatic carbocycles. The minimum atomic E-state index is -0.571. The number of rotatable bonds is 3. The third-order valence-corrected chi connectivity index (χ3v) is 4.51. The van der Waals surface area contributed by atoms with Crippen molar-refractivity contribution in [2.75, 3.05) is 12.0 Å². The molecule has 0 atom stereocenters. The highest BCUT2D eigenvalue weighted by Gasteiger charge is 2.35. The summed E-state index contributed by atoms with van der Waals surface area (Å²) in [6.45, 7) is 3.79. The summed E-state index contributed by atoms with van der Waals surface area (Å²) in [4.78, 5) is 26.8. The van der Waals surface area contributed by atoms with Crippen molar-refractivity contribution < 1.29 is 19.4 Å². The fourth-order valence-electron chi connectivity index (χ4n) is 2.79. The number of aromatic hydroxyl groups is 1. The fourth-order valence-corrected chi connectivity index (χ4v) is 3.06. The van der Waals surface area contributed by atoms with Crippen LogP contribution in [0.2, 0.25) is 0 Å². The highest BCUT2D eigenvalue weighted by Crippen LogP contribution is 2.29. The molecule has 2 aromatic rings. The van der Waals surface area contributed by atoms with Crippen LogP contribution in [-0.2, 0) is 9.59 Å². The van der Waals surface area contributed by atoms with Gasteiger partial charge in [-0.25, -0.2) is 0 Å². The van der Waals surface area contributed by atoms with Gasteiger partial charge in [0.25, 0.3) is 11.8 Å². The molecule has 1 saturated heterocycles. The lowest BCUT2D eigenvalue weighted by Gasteiger charge is -2.30. The highest BCUT2D eigenvalue weighted by molar-refractivity contribution is 7.80. The lowest BCUT2D eigenvalue weighted by molar-refractivity contribution is -0.122. The van der Waals surface area contributed by atoms with Gasteiger partial charge in [0.2, 0.25) is 0 Å². The Kier molecular flexibility index (Phi) is 4.96. The molecule has 1 aliphatic rings. The highest BCUT2D eigenvalue weighted by atomic mass is 32.1. The van der Waals surface area contributed by atoms with Crippen molar-refractivity contribution in [2.24, 2.45) is 0 Å². The van der Waals surface area contributed by atoms with Crippen LogP contribution in [-0.4, -0.2) is 29.1 Å². The van der Waals surface area contributed by atoms with Crippen molar-refractivity contribution in [3.05, 3.63) is 58.7 Å². The normalized spacial score (nSPS) is 15.9. The maximum atomic E-state index is 13.1. The summed E-state index contributed by atoms with van der Waals surface area (Å²) in [5, 5.41) is 12.3. The van der Waals surface area contributed by atoms with Crippen LogP contribution >= 0.6 is 12.2 Å². The molecule has 0 aromatic heterocycles. The van der Waals surface area contributed by atoms with E-state index >= 15 is 0 Å². The summed E-state index contributed by atoms with van der Waals surface area (Å²) in [7, 11) is 1.42. The Morgan fingerprint density at radius 3 is 2.59 bits per heavy atom. The van der Waals surface area contributed by atoms with Crippen LogP contribution in [0.1, 0.15) is 16.7 Å². The Labute approximate surface area is 162 Å². The number of nitrogens with one attached hydrogen (secondary N) is 1. The summed E-state index contributed by atoms with van der Waals surface area (Å²) in [6, 6.07) is 10.2. The topological polar surface area (TPSA) is 78.9 Å². The van der Waals surface area contributed by atoms with E-state index in [0.29, 0.717) is 11.3 Å². The van der Waals surface area contributed by atoms with Crippen molar-refractivity contribution >= 4 is 40.9 Å². The van der Waals surface area contributed by atoms with E-state index in [1.165, 1.54) is 30.2 Å². The van der Waals surface area contributed by atoms with Crippen LogP contribution in [0, 0.1) is 13.8 Å². The molecule has 1 fully saturated rings. The number of hydrogen-bond donors (Lipinski definition) is 2. The molecule has 2 N–H and O–H groups in total. The van der Waals surface area contributed by atoms with Crippen molar-refractivity contribution in [3.63, 3.8) is 0 Å². The van der Waals surface area contributed by atoms with Gasteiger partial charge in [0.05, 0.1) is 12.8 Å². The number of phenolic OH excluding ortho intramolecular Hbond substituents is 1. The van der Waals surface area contributed by atoms with Crippen molar-refractivity contribution in [1.29, 1.82) is 0 Å². The van der Waals surface area contributed by atoms with Gasteiger partial charge in [-0.1, -0.05) is 18.2 Å². The number of ether oxygens (including phenoxy) is 1. The van der Waals surface area contributed by atoms with Gasteiger partial charge < -0.3 is 9.84 Å². The quantitative estimate of drug-likeness (QED) is 0.485. The smallest absolute Gasteiger partial charge is 0.270 e. The van der Waals surface area contributed by atoms with Crippen LogP contribution in [0.5, 0.6) is 11.5 Å². The van der Waals surface area contributed by atoms with E-state index in [9.17, 15) is 14.7 Å². The lowest BCUT2D eigenvalue weighted by atomic mass is 10.0. The number of methoxy groups -OCH3 is 1. The molecule has 2 amide bonds. The SMILES string of the molecule is COc1cc(/C=C2\C(=O)NC(=S)N(c3cc(C)ccc3C)C2=O)ccc1O. The first-order chi connectivity index (χ1) is 12.8. The first kappa shape index (κ1) is 18.6. The van der Waals surface area contributed by atoms with Crippen LogP contribution in [0.15, 0.2) is 42.0 Å². The Hall–Kier alpha value is -3.19. The molecule has 138 valence electrons. The summed E-state index contributed by atoms with van der Waals surface area (Å²) >= 11 is 5.23. The number of carbonyl (C=O) groups is 2. The molecule has 0 saturated carbocycles. The second kappa shape index (κ2) is 7.20. The third-order valence-electron chi connectivity index (χ3n) is 4.22. The molecular formula is C20H18N2O4S. The predicted molar refractivity (Wildman–Crippen MR) is 107 cm³/mol. The first-order valence-corrected chi connectivity index (χ1v) is 8.58. The average molecular weight is 382 g/mol. The number of phenols is 1. The van der Waals surface area contributed by atoms with Gasteiger partial charge >= 0.3 is 0 Å². The molecule has 2 aromatic carbocycles. The number of anilines is 1. The fraction of sp³-hybridized carbons (Fsp3) is 0.150. The largest absolute Gasteiger partial charge is 0.504 e. The number of amides is 2. The van der Waals surface area contributed by atoms with Crippen molar-refractivity contribution in [3.8, 4) is 11.5 Å². The van der Waals surface area contributed by atoms with Crippen molar-refractivity contribution in [2.45, 2.75) is 13.8 Å². The molecule has 0 unspecified atom stereocenters. The zero-order chi connectivity index (χ0) is 19.7. The molecule has 0 spiro atoms. The summed E-state index contributed by atoms with van der Waals surface area (Å²) in [5.74, 6) is -0.865. The minimum absolute atomic E-state index is 0.0303. The molecule has 1 heterocycles. The van der Waals surface area contributed by atoms with Crippen molar-refractivity contribution in [1.82, 2.24) is 5.32 Å². The first-order valence-electron chi connectivity index (χ1n) is 8.17. The van der Waals surface area contributed by atoms with Gasteiger partial charge in [-0.3, -0.25) is 19.8 Å². The number of hydrogen-bond acceptors (Lipinski definition) is 5. The van der Waals surface area contributed by atoms with Gasteiger partial charge in [-0.05, 0) is 67.0 Å². The van der Waals surface area contributed by atoms with E-state index in [1.807, 2.05) is 32.0 Å². The standard InChI is InChI=1S/C20H18N2O4S/c1-11-4-5-12(2)15(8-11)22-19(25)14(18(24)21-20(22)27)9-13-6-7-16(23)17(10-13)26-3/h4-10,23H,1-3H3,(H,21,24,27)/b14-9+. The van der Waals surface area contributed by atoms with E-state index in [2.05, 4.69) is 5.32 Å². The number of benzene rings is 2. The second-order valence-electron chi connectivity index (χ2n) is 6.18. The van der Waals surface area contributed by atoms with Gasteiger partial charge in [0.1, 0.15) is 5.57 Å². The zero-order valence-electron chi connectivity index (χ0n) is 15.1. The molecule has 0 bridgehead atoms. The number of carbonyl (C=O) groups excluding carboxylic acids is 2. The van der Waals surface area contributed by atoms with E-state index in [1.54, 1.807) is 6.07 Å². The van der Waals surface area contributed by atoms with Gasteiger partial charge in [-0.2, -0.15) is 0 Å². The average Bonchev–Trinajstić information content (AvgIpc) is 2.62. The maximum absolute atomic E-state index is 13.1. The maximum Gasteiger partial charge on any atom is 0.270 e. The minimum Gasteiger partial charge on any atom is -0.504 e. The number of thiocarbonyl (C=S) groups is 1. The molecular weight excluding hydrogens is 364 g/mol. The molecule has 3 rings (SSSR count). The predicted octanol–water partition coefficient (Wildman–Crippen LogP) is 2.85. The molecule has 0 radical (unpaired) electrons. The van der Waals surface area contributed by atoms with Gasteiger partial charge in [0.15, 0.2) is 16.6 Å². The zero-order valence-corrected chi connectivity index (χ0v) is 15.9. The molecule has 6 nitrogen and oxygen atoms in total. The van der Waals surface area contributed by atoms with E-state index in [4.69, 9.17) is 17.0 Å². The van der Waals surface area contributed by atoms with Gasteiger partial charge in [-0.15, -0.1) is 0 Å². The van der Waals surface area contributed by atoms with E-state index in [-0.39, 0.29) is 22.2 Å². The summed E-state index contributed by atoms with van der Waals surface area (Å²) in [5.41, 5.74) is 2.93. The Bertz CT molecular complexity index is 997. The van der Waals surface area contributed by atoms with E-state index in [0.717, 1.165) is 11.1 Å². The second-order valence-corrected chi connectivity index (χ2v) is 6.57. The molecule has 7 heteroatoms. The number of nitrogens with zero attached hydrogens (tertiary/aromatic N) is 1. The molecule has 1 aliphatic heterocycles. The Morgan fingerprint density at radius 1 is 1.15 bits per heavy atom. The Morgan fingerprint density at radius 2 is 1.89 bits per heavy atom.